The van der Waals surface area contributed by atoms with Crippen LogP contribution < -0.4 is 10.6 Å². The van der Waals surface area contributed by atoms with Crippen molar-refractivity contribution in [2.24, 2.45) is 0 Å². The maximum atomic E-state index is 11.9. The number of hydrogen-bond donors (Lipinski definition) is 1. The van der Waals surface area contributed by atoms with E-state index in [1.807, 2.05) is 0 Å². The lowest BCUT2D eigenvalue weighted by molar-refractivity contribution is -0.123. The highest BCUT2D eigenvalue weighted by Crippen LogP contribution is 2.14. The van der Waals surface area contributed by atoms with Crippen molar-refractivity contribution in [1.29, 1.82) is 0 Å². The van der Waals surface area contributed by atoms with E-state index >= 15 is 0 Å². The van der Waals surface area contributed by atoms with Crippen LogP contribution in [-0.2, 0) is 19.0 Å². The highest BCUT2D eigenvalue weighted by Gasteiger charge is 2.10. The number of nitrogens with zero attached hydrogens (tertiary/aromatic N) is 1. The molecule has 0 saturated heterocycles. The smallest absolute Gasteiger partial charge is 0.252 e. The number of anilines is 2. The molecule has 1 amide bonds. The van der Waals surface area contributed by atoms with Gasteiger partial charge in [-0.15, -0.1) is 0 Å². The molecule has 0 fully saturated rings. The Labute approximate surface area is 125 Å². The van der Waals surface area contributed by atoms with Crippen LogP contribution in [0.2, 0.25) is 0 Å². The van der Waals surface area contributed by atoms with Crippen LogP contribution in [0.5, 0.6) is 0 Å². The molecule has 2 N–H and O–H groups in total. The second-order valence-electron chi connectivity index (χ2n) is 4.56. The van der Waals surface area contributed by atoms with Crippen LogP contribution in [0.3, 0.4) is 0 Å². The lowest BCUT2D eigenvalue weighted by Gasteiger charge is -2.17. The van der Waals surface area contributed by atoms with Crippen molar-refractivity contribution in [2.75, 3.05) is 57.8 Å². The molecule has 1 rings (SSSR count). The number of methoxy groups -OCH3 is 1. The summed E-state index contributed by atoms with van der Waals surface area (Å²) in [6.07, 6.45) is 0.753. The fourth-order valence-corrected chi connectivity index (χ4v) is 1.61. The number of nitrogen functional groups attached to an aromatic ring is 1. The Morgan fingerprint density at radius 1 is 1.10 bits per heavy atom. The highest BCUT2D eigenvalue weighted by atomic mass is 16.5. The number of benzene rings is 1. The first-order valence-electron chi connectivity index (χ1n) is 6.91. The van der Waals surface area contributed by atoms with Gasteiger partial charge in [-0.2, -0.15) is 0 Å². The maximum Gasteiger partial charge on any atom is 0.252 e. The van der Waals surface area contributed by atoms with Crippen LogP contribution >= 0.6 is 0 Å². The van der Waals surface area contributed by atoms with Crippen LogP contribution in [0, 0.1) is 0 Å². The summed E-state index contributed by atoms with van der Waals surface area (Å²) in [5.74, 6) is -0.0972. The first-order valence-corrected chi connectivity index (χ1v) is 6.91. The van der Waals surface area contributed by atoms with E-state index < -0.39 is 0 Å². The Kier molecular flexibility index (Phi) is 8.42. The number of rotatable bonds is 10. The minimum atomic E-state index is -0.0972. The van der Waals surface area contributed by atoms with Crippen molar-refractivity contribution in [2.45, 2.75) is 6.42 Å². The van der Waals surface area contributed by atoms with Crippen LogP contribution in [-0.4, -0.2) is 53.1 Å². The summed E-state index contributed by atoms with van der Waals surface area (Å²) in [6, 6.07) is 7.13. The summed E-state index contributed by atoms with van der Waals surface area (Å²) < 4.78 is 15.5. The number of likely N-dealkylation sites (N-methyl/N-ethyl adjacent to an activating group) is 1. The molecule has 21 heavy (non-hydrogen) atoms. The Bertz CT molecular complexity index is 409. The van der Waals surface area contributed by atoms with Gasteiger partial charge in [0.15, 0.2) is 0 Å². The minimum Gasteiger partial charge on any atom is -0.399 e. The predicted molar refractivity (Wildman–Crippen MR) is 82.4 cm³/mol. The van der Waals surface area contributed by atoms with E-state index in [9.17, 15) is 4.79 Å². The summed E-state index contributed by atoms with van der Waals surface area (Å²) in [6.45, 7) is 2.32. The molecule has 0 radical (unpaired) electrons. The molecule has 118 valence electrons. The number of hydrogen-bond acceptors (Lipinski definition) is 5. The van der Waals surface area contributed by atoms with Gasteiger partial charge in [0.25, 0.3) is 5.91 Å². The average Bonchev–Trinajstić information content (AvgIpc) is 2.49. The molecule has 0 spiro atoms. The van der Waals surface area contributed by atoms with E-state index in [-0.39, 0.29) is 12.5 Å². The summed E-state index contributed by atoms with van der Waals surface area (Å²) in [5.41, 5.74) is 7.08. The fourth-order valence-electron chi connectivity index (χ4n) is 1.61. The van der Waals surface area contributed by atoms with E-state index in [0.29, 0.717) is 32.1 Å². The van der Waals surface area contributed by atoms with Crippen LogP contribution in [0.4, 0.5) is 11.4 Å². The molecule has 0 aliphatic rings. The topological polar surface area (TPSA) is 74.0 Å². The van der Waals surface area contributed by atoms with Crippen LogP contribution in [0.15, 0.2) is 24.3 Å². The normalized spacial score (nSPS) is 10.6. The molecule has 0 aliphatic carbocycles. The third-order valence-corrected chi connectivity index (χ3v) is 2.89. The number of carbonyl (C=O) groups is 1. The molecular formula is C15H24N2O4. The minimum absolute atomic E-state index is 0.0545. The quantitative estimate of drug-likeness (QED) is 0.520. The van der Waals surface area contributed by atoms with E-state index in [1.54, 1.807) is 43.3 Å². The van der Waals surface area contributed by atoms with Gasteiger partial charge in [-0.05, 0) is 30.7 Å². The van der Waals surface area contributed by atoms with Crippen LogP contribution in [0.25, 0.3) is 0 Å². The SMILES string of the molecule is COCCOCCCOCC(=O)N(C)c1ccc(N)cc1. The largest absolute Gasteiger partial charge is 0.399 e. The average molecular weight is 296 g/mol. The van der Waals surface area contributed by atoms with Gasteiger partial charge >= 0.3 is 0 Å². The first-order chi connectivity index (χ1) is 10.1. The third kappa shape index (κ3) is 7.08. The van der Waals surface area contributed by atoms with Crippen molar-refractivity contribution >= 4 is 17.3 Å². The predicted octanol–water partition coefficient (Wildman–Crippen LogP) is 1.30. The maximum absolute atomic E-state index is 11.9. The van der Waals surface area contributed by atoms with Crippen molar-refractivity contribution in [3.8, 4) is 0 Å². The van der Waals surface area contributed by atoms with Gasteiger partial charge in [-0.1, -0.05) is 0 Å². The standard InChI is InChI=1S/C15H24N2O4/c1-17(14-6-4-13(16)5-7-14)15(18)12-21-9-3-8-20-11-10-19-2/h4-7H,3,8-12,16H2,1-2H3. The van der Waals surface area contributed by atoms with Gasteiger partial charge in [-0.25, -0.2) is 0 Å². The van der Waals surface area contributed by atoms with E-state index in [2.05, 4.69) is 0 Å². The second-order valence-corrected chi connectivity index (χ2v) is 4.56. The summed E-state index contributed by atoms with van der Waals surface area (Å²) in [5, 5.41) is 0. The highest BCUT2D eigenvalue weighted by molar-refractivity contribution is 5.93. The molecule has 6 heteroatoms. The van der Waals surface area contributed by atoms with Crippen molar-refractivity contribution in [1.82, 2.24) is 0 Å². The van der Waals surface area contributed by atoms with Gasteiger partial charge in [0.2, 0.25) is 0 Å². The van der Waals surface area contributed by atoms with Gasteiger partial charge in [0, 0.05) is 38.7 Å². The molecule has 0 heterocycles. The van der Waals surface area contributed by atoms with Crippen molar-refractivity contribution < 1.29 is 19.0 Å². The van der Waals surface area contributed by atoms with Crippen LogP contribution in [0.1, 0.15) is 6.42 Å². The monoisotopic (exact) mass is 296 g/mol. The van der Waals surface area contributed by atoms with Crippen molar-refractivity contribution in [3.63, 3.8) is 0 Å². The fraction of sp³-hybridized carbons (Fsp3) is 0.533. The van der Waals surface area contributed by atoms with E-state index in [4.69, 9.17) is 19.9 Å². The van der Waals surface area contributed by atoms with Crippen molar-refractivity contribution in [3.05, 3.63) is 24.3 Å². The van der Waals surface area contributed by atoms with Gasteiger partial charge in [0.1, 0.15) is 6.61 Å². The zero-order chi connectivity index (χ0) is 15.5. The molecule has 0 saturated carbocycles. The Balaban J connectivity index is 2.14. The molecule has 0 aromatic heterocycles. The Morgan fingerprint density at radius 2 is 1.76 bits per heavy atom. The molecule has 0 aliphatic heterocycles. The zero-order valence-electron chi connectivity index (χ0n) is 12.7. The summed E-state index contributed by atoms with van der Waals surface area (Å²) in [4.78, 5) is 13.5. The molecule has 0 bridgehead atoms. The molecule has 0 atom stereocenters. The van der Waals surface area contributed by atoms with Gasteiger partial charge < -0.3 is 24.8 Å². The van der Waals surface area contributed by atoms with E-state index in [0.717, 1.165) is 12.1 Å². The summed E-state index contributed by atoms with van der Waals surface area (Å²) in [7, 11) is 3.35. The molecule has 0 unspecified atom stereocenters. The Hall–Kier alpha value is -1.63. The number of amides is 1. The third-order valence-electron chi connectivity index (χ3n) is 2.89. The summed E-state index contributed by atoms with van der Waals surface area (Å²) >= 11 is 0. The van der Waals surface area contributed by atoms with Gasteiger partial charge in [0.05, 0.1) is 13.2 Å². The molecule has 1 aromatic carbocycles. The number of ether oxygens (including phenoxy) is 3. The number of nitrogens with two attached hydrogens (primary N) is 1. The molecule has 6 nitrogen and oxygen atoms in total. The Morgan fingerprint density at radius 3 is 2.43 bits per heavy atom. The van der Waals surface area contributed by atoms with E-state index in [1.165, 1.54) is 0 Å². The second kappa shape index (κ2) is 10.1. The number of carbonyl (C=O) groups excluding carboxylic acids is 1. The van der Waals surface area contributed by atoms with Gasteiger partial charge in [-0.3, -0.25) is 4.79 Å². The molecular weight excluding hydrogens is 272 g/mol. The zero-order valence-corrected chi connectivity index (χ0v) is 12.7. The lowest BCUT2D eigenvalue weighted by Crippen LogP contribution is -2.30. The lowest BCUT2D eigenvalue weighted by atomic mass is 10.2. The first kappa shape index (κ1) is 17.4. The molecule has 1 aromatic rings.